The van der Waals surface area contributed by atoms with Crippen molar-refractivity contribution < 1.29 is 37.3 Å². The molecule has 0 aromatic carbocycles. The van der Waals surface area contributed by atoms with Crippen molar-refractivity contribution in [1.29, 1.82) is 0 Å². The first-order chi connectivity index (χ1) is 37.9. The number of amides is 1. The molecule has 9 nitrogen and oxygen atoms in total. The van der Waals surface area contributed by atoms with Crippen molar-refractivity contribution in [2.75, 3.05) is 40.9 Å². The molecule has 0 spiro atoms. The summed E-state index contributed by atoms with van der Waals surface area (Å²) in [5.74, 6) is -0.523. The lowest BCUT2D eigenvalue weighted by molar-refractivity contribution is -0.870. The number of ether oxygens (including phenoxy) is 1. The van der Waals surface area contributed by atoms with Crippen LogP contribution in [0.25, 0.3) is 0 Å². The van der Waals surface area contributed by atoms with E-state index in [1.165, 1.54) is 257 Å². The first kappa shape index (κ1) is 76.5. The lowest BCUT2D eigenvalue weighted by Gasteiger charge is -2.30. The fourth-order valence-electron chi connectivity index (χ4n) is 10.3. The number of nitrogens with zero attached hydrogens (tertiary/aromatic N) is 1. The molecular weight excluding hydrogens is 988 g/mol. The summed E-state index contributed by atoms with van der Waals surface area (Å²) in [6, 6.07) is -0.884. The van der Waals surface area contributed by atoms with Crippen molar-refractivity contribution in [1.82, 2.24) is 5.32 Å². The number of phosphoric acid groups is 1. The normalized spacial score (nSPS) is 13.7. The van der Waals surface area contributed by atoms with Crippen LogP contribution >= 0.6 is 7.82 Å². The van der Waals surface area contributed by atoms with Gasteiger partial charge in [0.1, 0.15) is 19.3 Å². The molecule has 0 aliphatic heterocycles. The van der Waals surface area contributed by atoms with Crippen LogP contribution in [0.15, 0.2) is 24.3 Å². The van der Waals surface area contributed by atoms with Gasteiger partial charge in [0.25, 0.3) is 7.82 Å². The molecule has 1 amide bonds. The highest BCUT2D eigenvalue weighted by molar-refractivity contribution is 7.45. The summed E-state index contributed by atoms with van der Waals surface area (Å²) >= 11 is 0. The average Bonchev–Trinajstić information content (AvgIpc) is 3.40. The second-order valence-electron chi connectivity index (χ2n) is 24.7. The number of unbranched alkanes of at least 4 members (excludes halogenated alkanes) is 45. The van der Waals surface area contributed by atoms with Crippen LogP contribution in [0, 0.1) is 0 Å². The number of rotatable bonds is 63. The van der Waals surface area contributed by atoms with Crippen LogP contribution in [0.3, 0.4) is 0 Å². The van der Waals surface area contributed by atoms with Gasteiger partial charge in [-0.15, -0.1) is 0 Å². The summed E-state index contributed by atoms with van der Waals surface area (Å²) in [5, 5.41) is 3.05. The van der Waals surface area contributed by atoms with E-state index < -0.39 is 20.0 Å². The van der Waals surface area contributed by atoms with Gasteiger partial charge in [-0.3, -0.25) is 14.2 Å². The van der Waals surface area contributed by atoms with E-state index in [2.05, 4.69) is 38.2 Å². The number of allylic oxidation sites excluding steroid dienone is 3. The molecule has 0 aromatic heterocycles. The second kappa shape index (κ2) is 58.7. The van der Waals surface area contributed by atoms with E-state index in [0.717, 1.165) is 57.8 Å². The minimum atomic E-state index is -4.70. The van der Waals surface area contributed by atoms with Gasteiger partial charge in [0.2, 0.25) is 5.91 Å². The zero-order chi connectivity index (χ0) is 57.2. The Hall–Kier alpha value is -1.51. The maximum Gasteiger partial charge on any atom is 0.306 e. The van der Waals surface area contributed by atoms with Gasteiger partial charge in [-0.05, 0) is 57.4 Å². The number of hydrogen-bond acceptors (Lipinski definition) is 7. The third-order valence-electron chi connectivity index (χ3n) is 15.6. The summed E-state index contributed by atoms with van der Waals surface area (Å²) < 4.78 is 30.4. The van der Waals surface area contributed by atoms with Crippen molar-refractivity contribution in [2.24, 2.45) is 0 Å². The van der Waals surface area contributed by atoms with Gasteiger partial charge in [0, 0.05) is 12.8 Å². The SMILES string of the molecule is CCCCCCCC/C=C/CCCCCCCCCCCC(=O)OC(/C=C/CCCCCCCCCCCC)C(COP(=O)([O-])OCC[N+](C)(C)C)NC(=O)CCCCCCCCCCCCCCCCCCCCCCC. The number of carbonyl (C=O) groups is 2. The van der Waals surface area contributed by atoms with Gasteiger partial charge in [0.15, 0.2) is 0 Å². The highest BCUT2D eigenvalue weighted by Gasteiger charge is 2.27. The third-order valence-corrected chi connectivity index (χ3v) is 16.6. The molecule has 0 heterocycles. The Balaban J connectivity index is 5.11. The average molecular weight is 1120 g/mol. The van der Waals surface area contributed by atoms with Crippen LogP contribution in [-0.2, 0) is 27.9 Å². The smallest absolute Gasteiger partial charge is 0.306 e. The molecule has 0 bridgehead atoms. The van der Waals surface area contributed by atoms with Crippen molar-refractivity contribution in [3.8, 4) is 0 Å². The summed E-state index contributed by atoms with van der Waals surface area (Å²) in [5.41, 5.74) is 0. The van der Waals surface area contributed by atoms with E-state index in [9.17, 15) is 19.0 Å². The van der Waals surface area contributed by atoms with Crippen molar-refractivity contribution in [3.63, 3.8) is 0 Å². The predicted molar refractivity (Wildman–Crippen MR) is 335 cm³/mol. The molecule has 0 fully saturated rings. The predicted octanol–water partition coefficient (Wildman–Crippen LogP) is 20.7. The highest BCUT2D eigenvalue weighted by Crippen LogP contribution is 2.38. The maximum atomic E-state index is 13.6. The lowest BCUT2D eigenvalue weighted by Crippen LogP contribution is -2.47. The molecule has 10 heteroatoms. The summed E-state index contributed by atoms with van der Waals surface area (Å²) in [7, 11) is 1.20. The number of likely N-dealkylation sites (N-methyl/N-ethyl adjacent to an activating group) is 1. The zero-order valence-electron chi connectivity index (χ0n) is 52.9. The number of quaternary nitrogens is 1. The molecule has 0 aliphatic carbocycles. The lowest BCUT2D eigenvalue weighted by atomic mass is 10.0. The van der Waals surface area contributed by atoms with E-state index in [1.54, 1.807) is 0 Å². The van der Waals surface area contributed by atoms with Gasteiger partial charge < -0.3 is 28.5 Å². The van der Waals surface area contributed by atoms with Gasteiger partial charge in [0.05, 0.1) is 33.8 Å². The molecule has 3 unspecified atom stereocenters. The van der Waals surface area contributed by atoms with Crippen molar-refractivity contribution >= 4 is 19.7 Å². The van der Waals surface area contributed by atoms with Crippen LogP contribution in [-0.4, -0.2) is 69.4 Å². The number of nitrogens with one attached hydrogen (secondary N) is 1. The topological polar surface area (TPSA) is 114 Å². The third kappa shape index (κ3) is 59.1. The van der Waals surface area contributed by atoms with Crippen LogP contribution in [0.1, 0.15) is 348 Å². The molecule has 0 aromatic rings. The first-order valence-electron chi connectivity index (χ1n) is 34.1. The molecule has 1 N–H and O–H groups in total. The standard InChI is InChI=1S/C68H133N2O7P/c1-7-10-13-16-19-22-25-28-30-32-34-35-37-38-40-42-45-48-51-54-57-60-67(71)69-65(64-76-78(73,74)75-63-62-70(4,5)6)66(59-56-53-50-47-44-27-24-21-18-15-12-9-3)77-68(72)61-58-55-52-49-46-43-41-39-36-33-31-29-26-23-20-17-14-11-8-2/h29,31,56,59,65-66H,7-28,30,32-55,57-58,60-64H2,1-6H3,(H-,69,71,73,74)/b31-29+,59-56+. The number of hydrogen-bond donors (Lipinski definition) is 1. The molecule has 0 saturated heterocycles. The summed E-state index contributed by atoms with van der Waals surface area (Å²) in [4.78, 5) is 40.1. The molecule has 0 rings (SSSR count). The highest BCUT2D eigenvalue weighted by atomic mass is 31.2. The number of carbonyl (C=O) groups excluding carboxylic acids is 2. The summed E-state index contributed by atoms with van der Waals surface area (Å²) in [6.07, 6.45) is 70.1. The molecule has 0 aliphatic rings. The van der Waals surface area contributed by atoms with E-state index in [4.69, 9.17) is 13.8 Å². The van der Waals surface area contributed by atoms with Gasteiger partial charge in [-0.25, -0.2) is 0 Å². The number of phosphoric ester groups is 1. The Kier molecular flexibility index (Phi) is 57.5. The van der Waals surface area contributed by atoms with Gasteiger partial charge in [-0.2, -0.15) is 0 Å². The second-order valence-corrected chi connectivity index (χ2v) is 26.1. The van der Waals surface area contributed by atoms with Gasteiger partial charge in [-0.1, -0.05) is 302 Å². The Labute approximate surface area is 485 Å². The first-order valence-corrected chi connectivity index (χ1v) is 35.6. The van der Waals surface area contributed by atoms with Crippen LogP contribution in [0.2, 0.25) is 0 Å². The Morgan fingerprint density at radius 2 is 0.744 bits per heavy atom. The van der Waals surface area contributed by atoms with Crippen molar-refractivity contribution in [3.05, 3.63) is 24.3 Å². The molecule has 462 valence electrons. The Morgan fingerprint density at radius 1 is 0.436 bits per heavy atom. The molecule has 0 radical (unpaired) electrons. The molecular formula is C68H133N2O7P. The maximum absolute atomic E-state index is 13.6. The minimum absolute atomic E-state index is 0.0186. The fraction of sp³-hybridized carbons (Fsp3) is 0.912. The van der Waals surface area contributed by atoms with E-state index in [0.29, 0.717) is 17.4 Å². The van der Waals surface area contributed by atoms with Crippen molar-refractivity contribution in [2.45, 2.75) is 360 Å². The molecule has 3 atom stereocenters. The minimum Gasteiger partial charge on any atom is -0.756 e. The van der Waals surface area contributed by atoms with Gasteiger partial charge >= 0.3 is 5.97 Å². The Bertz CT molecular complexity index is 1380. The quantitative estimate of drug-likeness (QED) is 0.0212. The van der Waals surface area contributed by atoms with Crippen LogP contribution in [0.5, 0.6) is 0 Å². The van der Waals surface area contributed by atoms with E-state index >= 15 is 0 Å². The largest absolute Gasteiger partial charge is 0.756 e. The fourth-order valence-corrected chi connectivity index (χ4v) is 11.1. The Morgan fingerprint density at radius 3 is 1.09 bits per heavy atom. The number of esters is 1. The monoisotopic (exact) mass is 1120 g/mol. The van der Waals surface area contributed by atoms with E-state index in [-0.39, 0.29) is 31.5 Å². The van der Waals surface area contributed by atoms with Crippen LogP contribution in [0.4, 0.5) is 0 Å². The summed E-state index contributed by atoms with van der Waals surface area (Å²) in [6.45, 7) is 6.90. The zero-order valence-corrected chi connectivity index (χ0v) is 53.8. The van der Waals surface area contributed by atoms with Crippen LogP contribution < -0.4 is 10.2 Å². The van der Waals surface area contributed by atoms with E-state index in [1.807, 2.05) is 33.3 Å². The molecule has 0 saturated carbocycles. The molecule has 78 heavy (non-hydrogen) atoms.